The monoisotopic (exact) mass is 378 g/mol. The van der Waals surface area contributed by atoms with Crippen LogP contribution in [0.15, 0.2) is 24.3 Å². The second-order valence-electron chi connectivity index (χ2n) is 7.19. The van der Waals surface area contributed by atoms with Gasteiger partial charge in [-0.2, -0.15) is 0 Å². The summed E-state index contributed by atoms with van der Waals surface area (Å²) in [6, 6.07) is 6.25. The van der Waals surface area contributed by atoms with Crippen LogP contribution in [0.25, 0.3) is 0 Å². The van der Waals surface area contributed by atoms with Gasteiger partial charge in [0, 0.05) is 30.5 Å². The van der Waals surface area contributed by atoms with Crippen molar-refractivity contribution in [1.29, 1.82) is 0 Å². The highest BCUT2D eigenvalue weighted by atomic mass is 35.5. The van der Waals surface area contributed by atoms with Gasteiger partial charge in [-0.05, 0) is 36.5 Å². The number of hydrogen-bond donors (Lipinski definition) is 2. The lowest BCUT2D eigenvalue weighted by Gasteiger charge is -2.25. The van der Waals surface area contributed by atoms with Crippen LogP contribution in [0.4, 0.5) is 0 Å². The molecule has 26 heavy (non-hydrogen) atoms. The molecule has 2 aliphatic rings. The Morgan fingerprint density at radius 1 is 1.31 bits per heavy atom. The number of amides is 2. The average Bonchev–Trinajstić information content (AvgIpc) is 3.34. The number of carboxylic acids is 1. The maximum atomic E-state index is 12.3. The smallest absolute Gasteiger partial charge is 0.326 e. The van der Waals surface area contributed by atoms with Gasteiger partial charge in [0.2, 0.25) is 11.8 Å². The topological polar surface area (TPSA) is 86.7 Å². The molecule has 1 aliphatic heterocycles. The SMILES string of the molecule is O=C(C[C@@H]1CCC(=O)N1Cc1cccc(Cl)c1)N[C@@H](CC1CC1)C(=O)O. The normalized spacial score (nSPS) is 20.9. The minimum atomic E-state index is -0.997. The lowest BCUT2D eigenvalue weighted by Crippen LogP contribution is -2.44. The summed E-state index contributed by atoms with van der Waals surface area (Å²) in [5.74, 6) is -0.892. The minimum Gasteiger partial charge on any atom is -0.480 e. The van der Waals surface area contributed by atoms with Gasteiger partial charge in [0.15, 0.2) is 0 Å². The van der Waals surface area contributed by atoms with Crippen molar-refractivity contribution in [3.63, 3.8) is 0 Å². The zero-order valence-corrected chi connectivity index (χ0v) is 15.2. The zero-order valence-electron chi connectivity index (χ0n) is 14.5. The Labute approximate surface area is 157 Å². The molecule has 3 rings (SSSR count). The molecular formula is C19H23ClN2O4. The van der Waals surface area contributed by atoms with Gasteiger partial charge in [-0.25, -0.2) is 4.79 Å². The van der Waals surface area contributed by atoms with Crippen molar-refractivity contribution in [2.75, 3.05) is 0 Å². The summed E-state index contributed by atoms with van der Waals surface area (Å²) in [6.07, 6.45) is 3.68. The van der Waals surface area contributed by atoms with Crippen LogP contribution in [0.5, 0.6) is 0 Å². The van der Waals surface area contributed by atoms with Crippen LogP contribution in [-0.2, 0) is 20.9 Å². The summed E-state index contributed by atoms with van der Waals surface area (Å²) in [6.45, 7) is 0.405. The van der Waals surface area contributed by atoms with Crippen LogP contribution in [0, 0.1) is 5.92 Å². The van der Waals surface area contributed by atoms with E-state index in [1.165, 1.54) is 0 Å². The predicted molar refractivity (Wildman–Crippen MR) is 96.5 cm³/mol. The van der Waals surface area contributed by atoms with Crippen molar-refractivity contribution in [2.24, 2.45) is 5.92 Å². The van der Waals surface area contributed by atoms with Crippen molar-refractivity contribution in [3.8, 4) is 0 Å². The second kappa shape index (κ2) is 8.08. The van der Waals surface area contributed by atoms with E-state index in [0.29, 0.717) is 36.7 Å². The van der Waals surface area contributed by atoms with Crippen molar-refractivity contribution in [2.45, 2.75) is 57.2 Å². The van der Waals surface area contributed by atoms with Gasteiger partial charge >= 0.3 is 5.97 Å². The number of carbonyl (C=O) groups excluding carboxylic acids is 2. The van der Waals surface area contributed by atoms with Crippen LogP contribution in [0.1, 0.15) is 44.1 Å². The highest BCUT2D eigenvalue weighted by molar-refractivity contribution is 6.30. The fourth-order valence-corrected chi connectivity index (χ4v) is 3.64. The molecule has 140 valence electrons. The number of aliphatic carboxylic acids is 1. The summed E-state index contributed by atoms with van der Waals surface area (Å²) >= 11 is 6.00. The van der Waals surface area contributed by atoms with Gasteiger partial charge in [-0.3, -0.25) is 9.59 Å². The first kappa shape index (κ1) is 18.7. The number of nitrogens with one attached hydrogen (secondary N) is 1. The Morgan fingerprint density at radius 3 is 2.73 bits per heavy atom. The van der Waals surface area contributed by atoms with Crippen LogP contribution in [0.3, 0.4) is 0 Å². The first-order valence-corrected chi connectivity index (χ1v) is 9.36. The van der Waals surface area contributed by atoms with Crippen LogP contribution in [0.2, 0.25) is 5.02 Å². The molecule has 1 aromatic rings. The highest BCUT2D eigenvalue weighted by Gasteiger charge is 2.34. The zero-order chi connectivity index (χ0) is 18.7. The Morgan fingerprint density at radius 2 is 2.08 bits per heavy atom. The maximum Gasteiger partial charge on any atom is 0.326 e. The van der Waals surface area contributed by atoms with Gasteiger partial charge in [0.05, 0.1) is 0 Å². The Hall–Kier alpha value is -2.08. The molecule has 6 nitrogen and oxygen atoms in total. The van der Waals surface area contributed by atoms with E-state index in [2.05, 4.69) is 5.32 Å². The number of likely N-dealkylation sites (tertiary alicyclic amines) is 1. The minimum absolute atomic E-state index is 0.00976. The van der Waals surface area contributed by atoms with Crippen molar-refractivity contribution < 1.29 is 19.5 Å². The molecule has 0 radical (unpaired) electrons. The molecular weight excluding hydrogens is 356 g/mol. The van der Waals surface area contributed by atoms with E-state index in [4.69, 9.17) is 11.6 Å². The number of rotatable bonds is 8. The molecule has 2 atom stereocenters. The predicted octanol–water partition coefficient (Wildman–Crippen LogP) is 2.59. The van der Waals surface area contributed by atoms with E-state index in [0.717, 1.165) is 18.4 Å². The van der Waals surface area contributed by atoms with E-state index >= 15 is 0 Å². The summed E-state index contributed by atoms with van der Waals surface area (Å²) in [5, 5.41) is 12.5. The number of halogens is 1. The molecule has 7 heteroatoms. The van der Waals surface area contributed by atoms with Crippen molar-refractivity contribution >= 4 is 29.4 Å². The average molecular weight is 379 g/mol. The van der Waals surface area contributed by atoms with Gasteiger partial charge < -0.3 is 15.3 Å². The van der Waals surface area contributed by atoms with Crippen LogP contribution < -0.4 is 5.32 Å². The van der Waals surface area contributed by atoms with E-state index in [-0.39, 0.29) is 24.3 Å². The van der Waals surface area contributed by atoms with Gasteiger partial charge in [-0.1, -0.05) is 36.6 Å². The largest absolute Gasteiger partial charge is 0.480 e. The second-order valence-corrected chi connectivity index (χ2v) is 7.62. The standard InChI is InChI=1S/C19H23ClN2O4/c20-14-3-1-2-13(8-14)11-22-15(6-7-18(22)24)10-17(23)21-16(19(25)26)9-12-4-5-12/h1-3,8,12,15-16H,4-7,9-11H2,(H,21,23)(H,25,26)/t15-,16-/m0/s1. The van der Waals surface area contributed by atoms with E-state index < -0.39 is 12.0 Å². The van der Waals surface area contributed by atoms with E-state index in [1.54, 1.807) is 17.0 Å². The molecule has 0 spiro atoms. The van der Waals surface area contributed by atoms with E-state index in [1.807, 2.05) is 12.1 Å². The molecule has 1 saturated carbocycles. The highest BCUT2D eigenvalue weighted by Crippen LogP contribution is 2.33. The third kappa shape index (κ3) is 4.97. The quantitative estimate of drug-likeness (QED) is 0.727. The lowest BCUT2D eigenvalue weighted by atomic mass is 10.1. The van der Waals surface area contributed by atoms with Gasteiger partial charge in [0.25, 0.3) is 0 Å². The first-order valence-electron chi connectivity index (χ1n) is 8.98. The lowest BCUT2D eigenvalue weighted by molar-refractivity contribution is -0.142. The molecule has 2 N–H and O–H groups in total. The number of nitrogens with zero attached hydrogens (tertiary/aromatic N) is 1. The molecule has 1 saturated heterocycles. The fraction of sp³-hybridized carbons (Fsp3) is 0.526. The molecule has 0 unspecified atom stereocenters. The van der Waals surface area contributed by atoms with Crippen molar-refractivity contribution in [3.05, 3.63) is 34.9 Å². The Bertz CT molecular complexity index is 705. The molecule has 1 aromatic carbocycles. The third-order valence-electron chi connectivity index (χ3n) is 5.01. The number of carbonyl (C=O) groups is 3. The Kier molecular flexibility index (Phi) is 5.81. The molecule has 2 fully saturated rings. The summed E-state index contributed by atoms with van der Waals surface area (Å²) in [4.78, 5) is 37.6. The van der Waals surface area contributed by atoms with Crippen molar-refractivity contribution in [1.82, 2.24) is 10.2 Å². The third-order valence-corrected chi connectivity index (χ3v) is 5.25. The number of carboxylic acid groups (broad SMARTS) is 1. The van der Waals surface area contributed by atoms with Gasteiger partial charge in [-0.15, -0.1) is 0 Å². The Balaban J connectivity index is 1.58. The summed E-state index contributed by atoms with van der Waals surface area (Å²) < 4.78 is 0. The van der Waals surface area contributed by atoms with Crippen LogP contribution in [-0.4, -0.2) is 39.9 Å². The molecule has 1 aliphatic carbocycles. The molecule has 2 amide bonds. The van der Waals surface area contributed by atoms with E-state index in [9.17, 15) is 19.5 Å². The number of benzene rings is 1. The molecule has 0 bridgehead atoms. The maximum absolute atomic E-state index is 12.3. The van der Waals surface area contributed by atoms with Crippen LogP contribution >= 0.6 is 11.6 Å². The molecule has 0 aromatic heterocycles. The molecule has 1 heterocycles. The fourth-order valence-electron chi connectivity index (χ4n) is 3.43. The number of hydrogen-bond acceptors (Lipinski definition) is 3. The van der Waals surface area contributed by atoms with Gasteiger partial charge in [0.1, 0.15) is 6.04 Å². The summed E-state index contributed by atoms with van der Waals surface area (Å²) in [7, 11) is 0. The first-order chi connectivity index (χ1) is 12.4. The summed E-state index contributed by atoms with van der Waals surface area (Å²) in [5.41, 5.74) is 0.912.